The summed E-state index contributed by atoms with van der Waals surface area (Å²) in [6.45, 7) is 9.55. The molecule has 1 fully saturated rings. The minimum absolute atomic E-state index is 1.02. The highest BCUT2D eigenvalue weighted by Crippen LogP contribution is 2.39. The summed E-state index contributed by atoms with van der Waals surface area (Å²) < 4.78 is 0. The van der Waals surface area contributed by atoms with Crippen LogP contribution in [0, 0.1) is 23.7 Å². The zero-order valence-corrected chi connectivity index (χ0v) is 13.4. The second-order valence-corrected chi connectivity index (χ2v) is 6.80. The third kappa shape index (κ3) is 5.33. The lowest BCUT2D eigenvalue weighted by atomic mass is 9.72. The second-order valence-electron chi connectivity index (χ2n) is 6.80. The highest BCUT2D eigenvalue weighted by molar-refractivity contribution is 4.78. The van der Waals surface area contributed by atoms with E-state index in [1.165, 1.54) is 64.2 Å². The van der Waals surface area contributed by atoms with Gasteiger partial charge in [0.15, 0.2) is 0 Å². The Morgan fingerprint density at radius 1 is 0.556 bits per heavy atom. The van der Waals surface area contributed by atoms with E-state index >= 15 is 0 Å². The van der Waals surface area contributed by atoms with Gasteiger partial charge >= 0.3 is 0 Å². The molecule has 0 spiro atoms. The summed E-state index contributed by atoms with van der Waals surface area (Å²) in [5.74, 6) is 4.12. The number of rotatable bonds is 6. The highest BCUT2D eigenvalue weighted by Gasteiger charge is 2.26. The molecule has 0 N–H and O–H groups in total. The molecule has 0 aromatic heterocycles. The number of hydrogen-bond donors (Lipinski definition) is 0. The van der Waals surface area contributed by atoms with Crippen molar-refractivity contribution in [3.63, 3.8) is 0 Å². The van der Waals surface area contributed by atoms with E-state index in [2.05, 4.69) is 27.7 Å². The predicted molar refractivity (Wildman–Crippen MR) is 82.8 cm³/mol. The van der Waals surface area contributed by atoms with E-state index in [1.807, 2.05) is 0 Å². The van der Waals surface area contributed by atoms with Gasteiger partial charge in [0.05, 0.1) is 0 Å². The molecule has 1 aliphatic rings. The van der Waals surface area contributed by atoms with Crippen LogP contribution >= 0.6 is 0 Å². The topological polar surface area (TPSA) is 0 Å². The van der Waals surface area contributed by atoms with E-state index in [0.29, 0.717) is 0 Å². The SMILES string of the molecule is CCCC1CC(CC)CC(CCC)CC(CC)C1. The summed E-state index contributed by atoms with van der Waals surface area (Å²) in [6, 6.07) is 0. The van der Waals surface area contributed by atoms with Gasteiger partial charge in [-0.2, -0.15) is 0 Å². The maximum Gasteiger partial charge on any atom is -0.0409 e. The van der Waals surface area contributed by atoms with Gasteiger partial charge in [-0.3, -0.25) is 0 Å². The van der Waals surface area contributed by atoms with Gasteiger partial charge in [0.2, 0.25) is 0 Å². The monoisotopic (exact) mass is 252 g/mol. The van der Waals surface area contributed by atoms with Crippen LogP contribution in [0.25, 0.3) is 0 Å². The summed E-state index contributed by atoms with van der Waals surface area (Å²) in [5.41, 5.74) is 0. The van der Waals surface area contributed by atoms with Gasteiger partial charge < -0.3 is 0 Å². The smallest absolute Gasteiger partial charge is 0.0409 e. The minimum atomic E-state index is 1.02. The molecule has 18 heavy (non-hydrogen) atoms. The quantitative estimate of drug-likeness (QED) is 0.510. The maximum absolute atomic E-state index is 2.41. The van der Waals surface area contributed by atoms with Crippen molar-refractivity contribution in [1.82, 2.24) is 0 Å². The molecule has 1 aliphatic carbocycles. The lowest BCUT2D eigenvalue weighted by Gasteiger charge is -2.34. The van der Waals surface area contributed by atoms with Crippen LogP contribution in [0.5, 0.6) is 0 Å². The minimum Gasteiger partial charge on any atom is -0.0654 e. The van der Waals surface area contributed by atoms with Gasteiger partial charge in [-0.05, 0) is 49.4 Å². The molecule has 0 nitrogen and oxygen atoms in total. The van der Waals surface area contributed by atoms with E-state index in [4.69, 9.17) is 0 Å². The Morgan fingerprint density at radius 3 is 1.11 bits per heavy atom. The Kier molecular flexibility index (Phi) is 8.02. The normalized spacial score (nSPS) is 34.0. The second kappa shape index (κ2) is 8.99. The summed E-state index contributed by atoms with van der Waals surface area (Å²) in [6.07, 6.45) is 14.7. The van der Waals surface area contributed by atoms with E-state index in [0.717, 1.165) is 23.7 Å². The predicted octanol–water partition coefficient (Wildman–Crippen LogP) is 6.45. The number of hydrogen-bond acceptors (Lipinski definition) is 0. The van der Waals surface area contributed by atoms with Crippen molar-refractivity contribution in [2.45, 2.75) is 91.9 Å². The molecular formula is C18H36. The molecule has 0 aliphatic heterocycles. The molecule has 0 aromatic rings. The fourth-order valence-electron chi connectivity index (χ4n) is 4.23. The summed E-state index contributed by atoms with van der Waals surface area (Å²) in [4.78, 5) is 0. The van der Waals surface area contributed by atoms with Crippen LogP contribution in [-0.2, 0) is 0 Å². The first-order valence-corrected chi connectivity index (χ1v) is 8.73. The van der Waals surface area contributed by atoms with Crippen LogP contribution in [-0.4, -0.2) is 0 Å². The van der Waals surface area contributed by atoms with Crippen LogP contribution in [0.15, 0.2) is 0 Å². The molecule has 0 bridgehead atoms. The maximum atomic E-state index is 2.41. The molecule has 0 atom stereocenters. The van der Waals surface area contributed by atoms with E-state index in [-0.39, 0.29) is 0 Å². The fourth-order valence-corrected chi connectivity index (χ4v) is 4.23. The van der Waals surface area contributed by atoms with Gasteiger partial charge in [0, 0.05) is 0 Å². The first-order valence-electron chi connectivity index (χ1n) is 8.73. The molecule has 0 amide bonds. The third-order valence-electron chi connectivity index (χ3n) is 5.22. The molecule has 0 saturated heterocycles. The molecule has 1 rings (SSSR count). The van der Waals surface area contributed by atoms with Crippen LogP contribution < -0.4 is 0 Å². The van der Waals surface area contributed by atoms with E-state index < -0.39 is 0 Å². The molecular weight excluding hydrogens is 216 g/mol. The zero-order valence-electron chi connectivity index (χ0n) is 13.4. The van der Waals surface area contributed by atoms with Crippen molar-refractivity contribution < 1.29 is 0 Å². The molecule has 108 valence electrons. The molecule has 0 heterocycles. The zero-order chi connectivity index (χ0) is 13.4. The largest absolute Gasteiger partial charge is 0.0654 e. The van der Waals surface area contributed by atoms with Gasteiger partial charge in [-0.15, -0.1) is 0 Å². The Bertz CT molecular complexity index is 162. The van der Waals surface area contributed by atoms with E-state index in [1.54, 1.807) is 0 Å². The Labute approximate surface area is 116 Å². The average molecular weight is 252 g/mol. The fraction of sp³-hybridized carbons (Fsp3) is 1.00. The first-order chi connectivity index (χ1) is 8.73. The lowest BCUT2D eigenvalue weighted by Crippen LogP contribution is -2.22. The molecule has 0 unspecified atom stereocenters. The van der Waals surface area contributed by atoms with Gasteiger partial charge in [-0.1, -0.05) is 66.2 Å². The summed E-state index contributed by atoms with van der Waals surface area (Å²) >= 11 is 0. The Hall–Kier alpha value is 0. The van der Waals surface area contributed by atoms with E-state index in [9.17, 15) is 0 Å². The van der Waals surface area contributed by atoms with Crippen LogP contribution in [0.1, 0.15) is 91.9 Å². The highest BCUT2D eigenvalue weighted by atomic mass is 14.3. The van der Waals surface area contributed by atoms with Crippen molar-refractivity contribution in [2.24, 2.45) is 23.7 Å². The van der Waals surface area contributed by atoms with Crippen molar-refractivity contribution in [2.75, 3.05) is 0 Å². The van der Waals surface area contributed by atoms with Crippen LogP contribution in [0.3, 0.4) is 0 Å². The van der Waals surface area contributed by atoms with Crippen molar-refractivity contribution in [3.8, 4) is 0 Å². The molecule has 0 radical (unpaired) electrons. The molecule has 0 heteroatoms. The van der Waals surface area contributed by atoms with Crippen LogP contribution in [0.4, 0.5) is 0 Å². The van der Waals surface area contributed by atoms with Crippen molar-refractivity contribution in [1.29, 1.82) is 0 Å². The average Bonchev–Trinajstić information content (AvgIpc) is 2.34. The summed E-state index contributed by atoms with van der Waals surface area (Å²) in [5, 5.41) is 0. The Balaban J connectivity index is 2.62. The third-order valence-corrected chi connectivity index (χ3v) is 5.22. The van der Waals surface area contributed by atoms with Gasteiger partial charge in [-0.25, -0.2) is 0 Å². The van der Waals surface area contributed by atoms with Gasteiger partial charge in [0.25, 0.3) is 0 Å². The van der Waals surface area contributed by atoms with Gasteiger partial charge in [0.1, 0.15) is 0 Å². The first kappa shape index (κ1) is 16.1. The lowest BCUT2D eigenvalue weighted by molar-refractivity contribution is 0.176. The van der Waals surface area contributed by atoms with Crippen molar-refractivity contribution in [3.05, 3.63) is 0 Å². The van der Waals surface area contributed by atoms with Crippen LogP contribution in [0.2, 0.25) is 0 Å². The molecule has 0 aromatic carbocycles. The molecule has 1 saturated carbocycles. The summed E-state index contributed by atoms with van der Waals surface area (Å²) in [7, 11) is 0. The Morgan fingerprint density at radius 2 is 0.889 bits per heavy atom. The van der Waals surface area contributed by atoms with Crippen molar-refractivity contribution >= 4 is 0 Å². The standard InChI is InChI=1S/C18H36/c1-5-9-17-11-15(7-3)13-18(10-6-2)14-16(8-4)12-17/h15-18H,5-14H2,1-4H3.